The minimum Gasteiger partial charge on any atom is -0.455 e. The van der Waals surface area contributed by atoms with Crippen molar-refractivity contribution in [3.05, 3.63) is 35.9 Å². The number of rotatable bonds is 6. The zero-order valence-corrected chi connectivity index (χ0v) is 18.2. The number of pyridine rings is 1. The maximum atomic E-state index is 12.5. The Kier molecular flexibility index (Phi) is 5.21. The van der Waals surface area contributed by atoms with Gasteiger partial charge in [0.1, 0.15) is 0 Å². The molecule has 1 aromatic heterocycles. The molecule has 5 nitrogen and oxygen atoms in total. The van der Waals surface area contributed by atoms with E-state index in [1.165, 1.54) is 31.0 Å². The first kappa shape index (κ1) is 19.9. The predicted octanol–water partition coefficient (Wildman–Crippen LogP) is 4.26. The molecule has 4 bridgehead atoms. The number of amides is 1. The number of aromatic nitrogens is 1. The normalized spacial score (nSPS) is 29.2. The molecular formula is C24H28N2O3S. The molecule has 0 spiro atoms. The number of thioether (sulfide) groups is 1. The molecule has 1 heterocycles. The smallest absolute Gasteiger partial charge is 0.316 e. The second kappa shape index (κ2) is 7.88. The van der Waals surface area contributed by atoms with Crippen LogP contribution in [0, 0.1) is 24.7 Å². The molecule has 4 saturated carbocycles. The number of ether oxygens (including phenoxy) is 1. The van der Waals surface area contributed by atoms with Crippen molar-refractivity contribution in [2.24, 2.45) is 17.8 Å². The van der Waals surface area contributed by atoms with Gasteiger partial charge in [-0.05, 0) is 80.9 Å². The number of carbonyl (C=O) groups is 2. The first-order valence-electron chi connectivity index (χ1n) is 10.9. The number of nitrogens with one attached hydrogen (secondary N) is 1. The van der Waals surface area contributed by atoms with Gasteiger partial charge >= 0.3 is 5.97 Å². The lowest BCUT2D eigenvalue weighted by Gasteiger charge is -2.56. The van der Waals surface area contributed by atoms with Crippen LogP contribution >= 0.6 is 11.8 Å². The van der Waals surface area contributed by atoms with Crippen LogP contribution < -0.4 is 5.32 Å². The summed E-state index contributed by atoms with van der Waals surface area (Å²) in [7, 11) is 0. The van der Waals surface area contributed by atoms with Gasteiger partial charge in [0.05, 0.1) is 16.3 Å². The molecule has 0 unspecified atom stereocenters. The van der Waals surface area contributed by atoms with Crippen molar-refractivity contribution in [3.8, 4) is 0 Å². The lowest BCUT2D eigenvalue weighted by atomic mass is 9.53. The number of esters is 1. The molecule has 4 aliphatic rings. The van der Waals surface area contributed by atoms with Crippen LogP contribution in [-0.4, -0.2) is 34.8 Å². The van der Waals surface area contributed by atoms with E-state index in [4.69, 9.17) is 4.74 Å². The molecule has 2 aromatic rings. The molecule has 0 atom stereocenters. The maximum absolute atomic E-state index is 12.5. The summed E-state index contributed by atoms with van der Waals surface area (Å²) in [5.74, 6) is 1.92. The summed E-state index contributed by atoms with van der Waals surface area (Å²) in [6, 6.07) is 9.96. The molecular weight excluding hydrogens is 396 g/mol. The zero-order chi connectivity index (χ0) is 20.7. The second-order valence-corrected chi connectivity index (χ2v) is 10.5. The van der Waals surface area contributed by atoms with Crippen LogP contribution in [-0.2, 0) is 14.3 Å². The molecule has 1 N–H and O–H groups in total. The molecule has 1 amide bonds. The number of carbonyl (C=O) groups excluding carboxylic acids is 2. The molecule has 0 radical (unpaired) electrons. The average molecular weight is 425 g/mol. The van der Waals surface area contributed by atoms with Gasteiger partial charge < -0.3 is 10.1 Å². The Bertz CT molecular complexity index is 954. The van der Waals surface area contributed by atoms with Gasteiger partial charge in [-0.3, -0.25) is 9.59 Å². The summed E-state index contributed by atoms with van der Waals surface area (Å²) in [5.41, 5.74) is 2.01. The Morgan fingerprint density at radius 3 is 2.50 bits per heavy atom. The highest BCUT2D eigenvalue weighted by Crippen LogP contribution is 2.55. The van der Waals surface area contributed by atoms with E-state index in [-0.39, 0.29) is 29.8 Å². The van der Waals surface area contributed by atoms with Crippen molar-refractivity contribution in [3.63, 3.8) is 0 Å². The van der Waals surface area contributed by atoms with E-state index in [1.807, 2.05) is 37.3 Å². The molecule has 4 aliphatic carbocycles. The van der Waals surface area contributed by atoms with E-state index in [2.05, 4.69) is 10.3 Å². The van der Waals surface area contributed by atoms with Crippen LogP contribution in [0.4, 0.5) is 0 Å². The van der Waals surface area contributed by atoms with E-state index < -0.39 is 0 Å². The average Bonchev–Trinajstić information content (AvgIpc) is 2.69. The quantitative estimate of drug-likeness (QED) is 0.554. The highest BCUT2D eigenvalue weighted by Gasteiger charge is 2.51. The number of para-hydroxylation sites is 1. The number of aryl methyl sites for hydroxylation is 1. The Morgan fingerprint density at radius 2 is 1.80 bits per heavy atom. The Labute approximate surface area is 181 Å². The van der Waals surface area contributed by atoms with Gasteiger partial charge in [-0.2, -0.15) is 0 Å². The van der Waals surface area contributed by atoms with Crippen LogP contribution in [0.25, 0.3) is 10.9 Å². The van der Waals surface area contributed by atoms with Crippen LogP contribution in [0.2, 0.25) is 0 Å². The predicted molar refractivity (Wildman–Crippen MR) is 117 cm³/mol. The first-order chi connectivity index (χ1) is 14.5. The van der Waals surface area contributed by atoms with Gasteiger partial charge in [-0.25, -0.2) is 4.98 Å². The fourth-order valence-corrected chi connectivity index (χ4v) is 7.08. The van der Waals surface area contributed by atoms with Gasteiger partial charge in [0.15, 0.2) is 6.61 Å². The van der Waals surface area contributed by atoms with Crippen LogP contribution in [0.15, 0.2) is 35.4 Å². The van der Waals surface area contributed by atoms with Gasteiger partial charge in [-0.15, -0.1) is 0 Å². The molecule has 6 heteroatoms. The summed E-state index contributed by atoms with van der Waals surface area (Å²) in [5, 5.41) is 5.16. The molecule has 0 aliphatic heterocycles. The van der Waals surface area contributed by atoms with Crippen LogP contribution in [0.5, 0.6) is 0 Å². The summed E-state index contributed by atoms with van der Waals surface area (Å²) in [4.78, 5) is 29.3. The maximum Gasteiger partial charge on any atom is 0.316 e. The zero-order valence-electron chi connectivity index (χ0n) is 17.4. The molecule has 158 valence electrons. The minimum absolute atomic E-state index is 0.0421. The van der Waals surface area contributed by atoms with E-state index in [1.54, 1.807) is 0 Å². The van der Waals surface area contributed by atoms with Crippen molar-refractivity contribution in [2.75, 3.05) is 12.4 Å². The number of benzene rings is 1. The number of nitrogens with zero attached hydrogens (tertiary/aromatic N) is 1. The van der Waals surface area contributed by atoms with E-state index in [0.29, 0.717) is 0 Å². The van der Waals surface area contributed by atoms with Crippen molar-refractivity contribution >= 4 is 34.5 Å². The fourth-order valence-electron chi connectivity index (χ4n) is 6.31. The third kappa shape index (κ3) is 4.07. The van der Waals surface area contributed by atoms with Crippen LogP contribution in [0.1, 0.15) is 44.1 Å². The third-order valence-corrected chi connectivity index (χ3v) is 7.93. The van der Waals surface area contributed by atoms with Crippen molar-refractivity contribution in [1.82, 2.24) is 10.3 Å². The van der Waals surface area contributed by atoms with Gasteiger partial charge in [0.25, 0.3) is 5.91 Å². The van der Waals surface area contributed by atoms with E-state index >= 15 is 0 Å². The summed E-state index contributed by atoms with van der Waals surface area (Å²) < 4.78 is 5.26. The third-order valence-electron chi connectivity index (χ3n) is 7.04. The van der Waals surface area contributed by atoms with Crippen molar-refractivity contribution in [2.45, 2.75) is 56.0 Å². The van der Waals surface area contributed by atoms with Gasteiger partial charge in [-0.1, -0.05) is 30.0 Å². The lowest BCUT2D eigenvalue weighted by Crippen LogP contribution is -2.60. The topological polar surface area (TPSA) is 68.3 Å². The fraction of sp³-hybridized carbons (Fsp3) is 0.542. The Balaban J connectivity index is 1.11. The standard InChI is InChI=1S/C24H28N2O3S/c1-15-6-22(25-20-5-3-2-4-19(15)20)30-14-23(28)29-13-21(27)26-24-10-16-7-17(11-24)9-18(8-16)12-24/h2-6,16-18H,7-14H2,1H3,(H,26,27). The van der Waals surface area contributed by atoms with Crippen LogP contribution in [0.3, 0.4) is 0 Å². The monoisotopic (exact) mass is 424 g/mol. The van der Waals surface area contributed by atoms with Crippen molar-refractivity contribution in [1.29, 1.82) is 0 Å². The highest BCUT2D eigenvalue weighted by molar-refractivity contribution is 7.99. The van der Waals surface area contributed by atoms with Gasteiger partial charge in [0.2, 0.25) is 0 Å². The Morgan fingerprint density at radius 1 is 1.13 bits per heavy atom. The number of hydrogen-bond acceptors (Lipinski definition) is 5. The first-order valence-corrected chi connectivity index (χ1v) is 11.9. The molecule has 0 saturated heterocycles. The molecule has 30 heavy (non-hydrogen) atoms. The lowest BCUT2D eigenvalue weighted by molar-refractivity contribution is -0.147. The molecule has 4 fully saturated rings. The summed E-state index contributed by atoms with van der Waals surface area (Å²) >= 11 is 1.35. The van der Waals surface area contributed by atoms with E-state index in [0.717, 1.165) is 58.5 Å². The van der Waals surface area contributed by atoms with Crippen molar-refractivity contribution < 1.29 is 14.3 Å². The van der Waals surface area contributed by atoms with E-state index in [9.17, 15) is 9.59 Å². The number of hydrogen-bond donors (Lipinski definition) is 1. The summed E-state index contributed by atoms with van der Waals surface area (Å²) in [6.45, 7) is 1.85. The second-order valence-electron chi connectivity index (χ2n) is 9.49. The highest BCUT2D eigenvalue weighted by atomic mass is 32.2. The molecule has 1 aromatic carbocycles. The molecule has 6 rings (SSSR count). The Hall–Kier alpha value is -2.08. The van der Waals surface area contributed by atoms with Gasteiger partial charge in [0, 0.05) is 10.9 Å². The largest absolute Gasteiger partial charge is 0.455 e. The summed E-state index contributed by atoms with van der Waals surface area (Å²) in [6.07, 6.45) is 7.31. The minimum atomic E-state index is -0.381. The number of fused-ring (bicyclic) bond motifs is 1. The SMILES string of the molecule is Cc1cc(SCC(=O)OCC(=O)NC23CC4CC(CC(C4)C2)C3)nc2ccccc12.